The Morgan fingerprint density at radius 2 is 0.578 bits per heavy atom. The topological polar surface area (TPSA) is 78.9 Å². The van der Waals surface area contributed by atoms with Crippen molar-refractivity contribution < 1.29 is 28.6 Å². The predicted molar refractivity (Wildman–Crippen MR) is 275 cm³/mol. The van der Waals surface area contributed by atoms with Crippen LogP contribution in [0.25, 0.3) is 0 Å². The van der Waals surface area contributed by atoms with Crippen LogP contribution in [0.5, 0.6) is 0 Å². The molecule has 0 N–H and O–H groups in total. The van der Waals surface area contributed by atoms with E-state index in [9.17, 15) is 14.4 Å². The lowest BCUT2D eigenvalue weighted by Gasteiger charge is -2.18. The maximum absolute atomic E-state index is 12.8. The lowest BCUT2D eigenvalue weighted by molar-refractivity contribution is -0.167. The molecule has 1 atom stereocenters. The number of hydrogen-bond acceptors (Lipinski definition) is 6. The van der Waals surface area contributed by atoms with Gasteiger partial charge in [-0.3, -0.25) is 14.4 Å². The van der Waals surface area contributed by atoms with Gasteiger partial charge in [-0.1, -0.05) is 236 Å². The van der Waals surface area contributed by atoms with E-state index in [4.69, 9.17) is 14.2 Å². The quantitative estimate of drug-likeness (QED) is 0.0262. The molecule has 6 nitrogen and oxygen atoms in total. The summed E-state index contributed by atoms with van der Waals surface area (Å²) < 4.78 is 16.8. The molecule has 372 valence electrons. The van der Waals surface area contributed by atoms with Gasteiger partial charge >= 0.3 is 17.9 Å². The third kappa shape index (κ3) is 50.4. The molecular weight excluding hydrogens is 793 g/mol. The molecule has 0 saturated heterocycles. The SMILES string of the molecule is CCCC/C=C/C/C=C/CCCCCCCC(=O)OC[C@H](COC(=O)CCCCCCCCC/C=C/C/C=C/CCCCC)OC(=O)CCCCCCCCCCCCCCCCC. The number of carbonyl (C=O) groups excluding carboxylic acids is 3. The van der Waals surface area contributed by atoms with Crippen molar-refractivity contribution >= 4 is 17.9 Å². The van der Waals surface area contributed by atoms with Crippen LogP contribution >= 0.6 is 0 Å². The summed E-state index contributed by atoms with van der Waals surface area (Å²) in [6.45, 7) is 6.58. The van der Waals surface area contributed by atoms with Gasteiger partial charge in [0.1, 0.15) is 13.2 Å². The Balaban J connectivity index is 4.38. The van der Waals surface area contributed by atoms with Crippen LogP contribution in [0, 0.1) is 0 Å². The fourth-order valence-electron chi connectivity index (χ4n) is 7.84. The molecule has 0 heterocycles. The van der Waals surface area contributed by atoms with Crippen molar-refractivity contribution in [2.45, 2.75) is 290 Å². The third-order valence-electron chi connectivity index (χ3n) is 12.1. The normalized spacial score (nSPS) is 12.4. The van der Waals surface area contributed by atoms with E-state index >= 15 is 0 Å². The summed E-state index contributed by atoms with van der Waals surface area (Å²) in [6, 6.07) is 0. The van der Waals surface area contributed by atoms with Crippen molar-refractivity contribution in [3.8, 4) is 0 Å². The highest BCUT2D eigenvalue weighted by Crippen LogP contribution is 2.16. The molecule has 0 rings (SSSR count). The largest absolute Gasteiger partial charge is 0.462 e. The van der Waals surface area contributed by atoms with Gasteiger partial charge in [0.15, 0.2) is 6.10 Å². The molecule has 0 saturated carbocycles. The standard InChI is InChI=1S/C58H104O6/c1-4-7-10-13-16-19-22-25-28-29-31-33-36-39-42-45-48-51-57(60)63-54-55(53-62-56(59)50-47-44-41-38-35-32-27-24-21-18-15-12-9-6-3)64-58(61)52-49-46-43-40-37-34-30-26-23-20-17-14-11-8-5-2/h15-16,18-19,24-25,27-28,55H,4-14,17,20-23,26,29-54H2,1-3H3/b18-15+,19-16+,27-24+,28-25+/t55-/m1/s1. The highest BCUT2D eigenvalue weighted by Gasteiger charge is 2.19. The zero-order chi connectivity index (χ0) is 46.5. The summed E-state index contributed by atoms with van der Waals surface area (Å²) in [7, 11) is 0. The highest BCUT2D eigenvalue weighted by molar-refractivity contribution is 5.71. The van der Waals surface area contributed by atoms with Crippen molar-refractivity contribution in [2.24, 2.45) is 0 Å². The molecule has 0 fully saturated rings. The van der Waals surface area contributed by atoms with Crippen LogP contribution < -0.4 is 0 Å². The van der Waals surface area contributed by atoms with Gasteiger partial charge in [-0.2, -0.15) is 0 Å². The number of ether oxygens (including phenoxy) is 3. The van der Waals surface area contributed by atoms with E-state index in [0.29, 0.717) is 19.3 Å². The summed E-state index contributed by atoms with van der Waals surface area (Å²) in [5, 5.41) is 0. The first-order chi connectivity index (χ1) is 31.5. The van der Waals surface area contributed by atoms with Gasteiger partial charge in [-0.15, -0.1) is 0 Å². The van der Waals surface area contributed by atoms with Crippen LogP contribution in [0.1, 0.15) is 284 Å². The van der Waals surface area contributed by atoms with Crippen LogP contribution in [0.4, 0.5) is 0 Å². The van der Waals surface area contributed by atoms with Gasteiger partial charge in [0.2, 0.25) is 0 Å². The van der Waals surface area contributed by atoms with E-state index in [1.165, 1.54) is 154 Å². The molecular formula is C58H104O6. The zero-order valence-electron chi connectivity index (χ0n) is 42.6. The second-order valence-corrected chi connectivity index (χ2v) is 18.5. The summed E-state index contributed by atoms with van der Waals surface area (Å²) in [5.41, 5.74) is 0. The molecule has 0 bridgehead atoms. The molecule has 0 aromatic rings. The fourth-order valence-corrected chi connectivity index (χ4v) is 7.84. The van der Waals surface area contributed by atoms with Crippen molar-refractivity contribution in [1.29, 1.82) is 0 Å². The van der Waals surface area contributed by atoms with E-state index < -0.39 is 6.10 Å². The molecule has 0 aliphatic carbocycles. The highest BCUT2D eigenvalue weighted by atomic mass is 16.6. The minimum absolute atomic E-state index is 0.0794. The fraction of sp³-hybridized carbons (Fsp3) is 0.810. The van der Waals surface area contributed by atoms with Crippen molar-refractivity contribution in [1.82, 2.24) is 0 Å². The molecule has 0 amide bonds. The maximum atomic E-state index is 12.8. The van der Waals surface area contributed by atoms with Crippen LogP contribution in [0.15, 0.2) is 48.6 Å². The first-order valence-corrected chi connectivity index (χ1v) is 27.6. The molecule has 0 spiro atoms. The number of hydrogen-bond donors (Lipinski definition) is 0. The van der Waals surface area contributed by atoms with E-state index in [0.717, 1.165) is 89.9 Å². The van der Waals surface area contributed by atoms with Crippen LogP contribution in [-0.2, 0) is 28.6 Å². The lowest BCUT2D eigenvalue weighted by atomic mass is 10.0. The second-order valence-electron chi connectivity index (χ2n) is 18.5. The van der Waals surface area contributed by atoms with Crippen molar-refractivity contribution in [2.75, 3.05) is 13.2 Å². The number of esters is 3. The molecule has 64 heavy (non-hydrogen) atoms. The summed E-state index contributed by atoms with van der Waals surface area (Å²) >= 11 is 0. The van der Waals surface area contributed by atoms with Gasteiger partial charge in [-0.25, -0.2) is 0 Å². The Labute approximate surface area is 397 Å². The molecule has 0 unspecified atom stereocenters. The van der Waals surface area contributed by atoms with Gasteiger partial charge in [0.05, 0.1) is 0 Å². The van der Waals surface area contributed by atoms with Crippen LogP contribution in [-0.4, -0.2) is 37.2 Å². The zero-order valence-corrected chi connectivity index (χ0v) is 42.6. The second kappa shape index (κ2) is 53.0. The molecule has 0 radical (unpaired) electrons. The Bertz CT molecular complexity index is 1120. The van der Waals surface area contributed by atoms with Crippen molar-refractivity contribution in [3.63, 3.8) is 0 Å². The molecule has 0 aliphatic heterocycles. The molecule has 0 aromatic carbocycles. The predicted octanol–water partition coefficient (Wildman–Crippen LogP) is 18.3. The van der Waals surface area contributed by atoms with E-state index in [-0.39, 0.29) is 31.1 Å². The average Bonchev–Trinajstić information content (AvgIpc) is 3.29. The monoisotopic (exact) mass is 897 g/mol. The Morgan fingerprint density at radius 1 is 0.312 bits per heavy atom. The van der Waals surface area contributed by atoms with Crippen molar-refractivity contribution in [3.05, 3.63) is 48.6 Å². The maximum Gasteiger partial charge on any atom is 0.306 e. The van der Waals surface area contributed by atoms with E-state index in [2.05, 4.69) is 69.4 Å². The summed E-state index contributed by atoms with van der Waals surface area (Å²) in [6.07, 6.45) is 63.7. The van der Waals surface area contributed by atoms with Gasteiger partial charge in [0.25, 0.3) is 0 Å². The first-order valence-electron chi connectivity index (χ1n) is 27.6. The molecule has 0 aliphatic rings. The third-order valence-corrected chi connectivity index (χ3v) is 12.1. The average molecular weight is 897 g/mol. The van der Waals surface area contributed by atoms with E-state index in [1.807, 2.05) is 0 Å². The molecule has 6 heteroatoms. The number of carbonyl (C=O) groups is 3. The number of allylic oxidation sites excluding steroid dienone is 8. The molecule has 0 aromatic heterocycles. The number of unbranched alkanes of at least 4 members (excludes halogenated alkanes) is 31. The van der Waals surface area contributed by atoms with Gasteiger partial charge in [0, 0.05) is 19.3 Å². The Kier molecular flexibility index (Phi) is 50.8. The van der Waals surface area contributed by atoms with Gasteiger partial charge in [-0.05, 0) is 77.0 Å². The Morgan fingerprint density at radius 3 is 0.938 bits per heavy atom. The van der Waals surface area contributed by atoms with Gasteiger partial charge < -0.3 is 14.2 Å². The Hall–Kier alpha value is -2.63. The lowest BCUT2D eigenvalue weighted by Crippen LogP contribution is -2.30. The smallest absolute Gasteiger partial charge is 0.306 e. The number of rotatable bonds is 50. The minimum Gasteiger partial charge on any atom is -0.462 e. The van der Waals surface area contributed by atoms with Crippen LogP contribution in [0.2, 0.25) is 0 Å². The minimum atomic E-state index is -0.779. The van der Waals surface area contributed by atoms with Crippen LogP contribution in [0.3, 0.4) is 0 Å². The summed E-state index contributed by atoms with van der Waals surface area (Å²) in [4.78, 5) is 38.1. The summed E-state index contributed by atoms with van der Waals surface area (Å²) in [5.74, 6) is -0.888. The first kappa shape index (κ1) is 61.4. The van der Waals surface area contributed by atoms with E-state index in [1.54, 1.807) is 0 Å².